The van der Waals surface area contributed by atoms with Crippen LogP contribution in [0.2, 0.25) is 0 Å². The van der Waals surface area contributed by atoms with E-state index in [1.165, 1.54) is 11.1 Å². The van der Waals surface area contributed by atoms with Gasteiger partial charge in [0.15, 0.2) is 0 Å². The van der Waals surface area contributed by atoms with Crippen molar-refractivity contribution >= 4 is 5.82 Å². The molecule has 2 aromatic carbocycles. The Kier molecular flexibility index (Phi) is 3.92. The highest BCUT2D eigenvalue weighted by molar-refractivity contribution is 5.46. The van der Waals surface area contributed by atoms with Gasteiger partial charge in [-0.15, -0.1) is 0 Å². The predicted molar refractivity (Wildman–Crippen MR) is 85.1 cm³/mol. The van der Waals surface area contributed by atoms with Crippen molar-refractivity contribution in [2.75, 3.05) is 5.32 Å². The largest absolute Gasteiger partial charge is 0.358 e. The van der Waals surface area contributed by atoms with Gasteiger partial charge in [-0.2, -0.15) is 0 Å². The Morgan fingerprint density at radius 3 is 1.81 bits per heavy atom. The third kappa shape index (κ3) is 3.08. The van der Waals surface area contributed by atoms with Gasteiger partial charge >= 0.3 is 0 Å². The van der Waals surface area contributed by atoms with Crippen molar-refractivity contribution in [1.82, 2.24) is 9.97 Å². The van der Waals surface area contributed by atoms with E-state index in [0.717, 1.165) is 11.5 Å². The van der Waals surface area contributed by atoms with Crippen LogP contribution in [0, 0.1) is 6.92 Å². The number of aromatic nitrogens is 2. The van der Waals surface area contributed by atoms with Crippen LogP contribution in [-0.4, -0.2) is 9.97 Å². The molecule has 1 aromatic heterocycles. The van der Waals surface area contributed by atoms with Crippen LogP contribution in [-0.2, 0) is 0 Å². The van der Waals surface area contributed by atoms with Gasteiger partial charge in [0.1, 0.15) is 5.82 Å². The minimum atomic E-state index is 0.0581. The monoisotopic (exact) mass is 275 g/mol. The third-order valence-corrected chi connectivity index (χ3v) is 3.43. The maximum atomic E-state index is 4.40. The molecule has 1 heterocycles. The first-order chi connectivity index (χ1) is 10.3. The van der Waals surface area contributed by atoms with E-state index in [-0.39, 0.29) is 6.04 Å². The van der Waals surface area contributed by atoms with Crippen molar-refractivity contribution < 1.29 is 0 Å². The van der Waals surface area contributed by atoms with Crippen LogP contribution in [0.1, 0.15) is 22.9 Å². The highest BCUT2D eigenvalue weighted by Crippen LogP contribution is 2.26. The maximum Gasteiger partial charge on any atom is 0.148 e. The summed E-state index contributed by atoms with van der Waals surface area (Å²) in [6, 6.07) is 20.8. The molecule has 0 amide bonds. The van der Waals surface area contributed by atoms with E-state index in [1.54, 1.807) is 12.4 Å². The number of nitrogens with zero attached hydrogens (tertiary/aromatic N) is 2. The van der Waals surface area contributed by atoms with Crippen LogP contribution in [0.4, 0.5) is 5.82 Å². The summed E-state index contributed by atoms with van der Waals surface area (Å²) in [5, 5.41) is 3.51. The summed E-state index contributed by atoms with van der Waals surface area (Å²) in [4.78, 5) is 8.69. The summed E-state index contributed by atoms with van der Waals surface area (Å²) in [6.45, 7) is 1.96. The molecule has 3 nitrogen and oxygen atoms in total. The lowest BCUT2D eigenvalue weighted by atomic mass is 9.99. The van der Waals surface area contributed by atoms with Crippen LogP contribution in [0.3, 0.4) is 0 Å². The zero-order chi connectivity index (χ0) is 14.5. The molecule has 3 heteroatoms. The second-order valence-electron chi connectivity index (χ2n) is 4.89. The molecular weight excluding hydrogens is 258 g/mol. The average molecular weight is 275 g/mol. The first kappa shape index (κ1) is 13.3. The van der Waals surface area contributed by atoms with E-state index < -0.39 is 0 Å². The van der Waals surface area contributed by atoms with Crippen LogP contribution >= 0.6 is 0 Å². The fourth-order valence-electron chi connectivity index (χ4n) is 2.34. The summed E-state index contributed by atoms with van der Waals surface area (Å²) >= 11 is 0. The number of benzene rings is 2. The fourth-order valence-corrected chi connectivity index (χ4v) is 2.34. The molecule has 0 aliphatic carbocycles. The molecule has 0 saturated carbocycles. The second-order valence-corrected chi connectivity index (χ2v) is 4.89. The minimum absolute atomic E-state index is 0.0581. The SMILES string of the molecule is Cc1nccnc1NC(c1ccccc1)c1ccccc1. The van der Waals surface area contributed by atoms with Gasteiger partial charge in [-0.3, -0.25) is 4.98 Å². The molecule has 21 heavy (non-hydrogen) atoms. The highest BCUT2D eigenvalue weighted by atomic mass is 15.0. The van der Waals surface area contributed by atoms with E-state index >= 15 is 0 Å². The van der Waals surface area contributed by atoms with Gasteiger partial charge in [-0.25, -0.2) is 4.98 Å². The van der Waals surface area contributed by atoms with Crippen LogP contribution in [0.5, 0.6) is 0 Å². The molecule has 3 rings (SSSR count). The Balaban J connectivity index is 1.99. The number of anilines is 1. The van der Waals surface area contributed by atoms with Crippen molar-refractivity contribution in [3.63, 3.8) is 0 Å². The minimum Gasteiger partial charge on any atom is -0.358 e. The molecule has 0 bridgehead atoms. The van der Waals surface area contributed by atoms with Gasteiger partial charge in [0.25, 0.3) is 0 Å². The topological polar surface area (TPSA) is 37.8 Å². The standard InChI is InChI=1S/C18H17N3/c1-14-18(20-13-12-19-14)21-17(15-8-4-2-5-9-15)16-10-6-3-7-11-16/h2-13,17H,1H3,(H,20,21). The van der Waals surface area contributed by atoms with Crippen LogP contribution < -0.4 is 5.32 Å². The van der Waals surface area contributed by atoms with Gasteiger partial charge in [0, 0.05) is 12.4 Å². The Hall–Kier alpha value is -2.68. The fraction of sp³-hybridized carbons (Fsp3) is 0.111. The molecule has 0 spiro atoms. The van der Waals surface area contributed by atoms with E-state index in [2.05, 4.69) is 63.8 Å². The summed E-state index contributed by atoms with van der Waals surface area (Å²) in [5.74, 6) is 0.815. The molecule has 0 aliphatic rings. The number of nitrogens with one attached hydrogen (secondary N) is 1. The van der Waals surface area contributed by atoms with E-state index in [1.807, 2.05) is 19.1 Å². The van der Waals surface area contributed by atoms with E-state index in [0.29, 0.717) is 0 Å². The lowest BCUT2D eigenvalue weighted by molar-refractivity contribution is 0.914. The smallest absolute Gasteiger partial charge is 0.148 e. The molecule has 3 aromatic rings. The number of aryl methyl sites for hydroxylation is 1. The molecule has 1 N–H and O–H groups in total. The Bertz CT molecular complexity index is 656. The van der Waals surface area contributed by atoms with Gasteiger partial charge < -0.3 is 5.32 Å². The van der Waals surface area contributed by atoms with Gasteiger partial charge in [0.2, 0.25) is 0 Å². The predicted octanol–water partition coefficient (Wildman–Crippen LogP) is 3.99. The van der Waals surface area contributed by atoms with Crippen molar-refractivity contribution in [3.05, 3.63) is 89.9 Å². The lowest BCUT2D eigenvalue weighted by Crippen LogP contribution is -2.14. The molecule has 0 fully saturated rings. The molecule has 0 unspecified atom stereocenters. The zero-order valence-electron chi connectivity index (χ0n) is 11.9. The molecule has 104 valence electrons. The maximum absolute atomic E-state index is 4.40. The Morgan fingerprint density at radius 2 is 1.29 bits per heavy atom. The quantitative estimate of drug-likeness (QED) is 0.782. The van der Waals surface area contributed by atoms with Crippen LogP contribution in [0.25, 0.3) is 0 Å². The van der Waals surface area contributed by atoms with Gasteiger partial charge in [0.05, 0.1) is 11.7 Å². The number of hydrogen-bond donors (Lipinski definition) is 1. The second kappa shape index (κ2) is 6.18. The highest BCUT2D eigenvalue weighted by Gasteiger charge is 2.15. The van der Waals surface area contributed by atoms with E-state index in [4.69, 9.17) is 0 Å². The first-order valence-corrected chi connectivity index (χ1v) is 6.98. The van der Waals surface area contributed by atoms with Crippen molar-refractivity contribution in [3.8, 4) is 0 Å². The number of hydrogen-bond acceptors (Lipinski definition) is 3. The third-order valence-electron chi connectivity index (χ3n) is 3.43. The van der Waals surface area contributed by atoms with Crippen molar-refractivity contribution in [2.24, 2.45) is 0 Å². The number of rotatable bonds is 4. The van der Waals surface area contributed by atoms with Crippen molar-refractivity contribution in [2.45, 2.75) is 13.0 Å². The van der Waals surface area contributed by atoms with Crippen molar-refractivity contribution in [1.29, 1.82) is 0 Å². The van der Waals surface area contributed by atoms with Gasteiger partial charge in [-0.05, 0) is 18.1 Å². The first-order valence-electron chi connectivity index (χ1n) is 6.98. The normalized spacial score (nSPS) is 10.6. The summed E-state index contributed by atoms with van der Waals surface area (Å²) < 4.78 is 0. The lowest BCUT2D eigenvalue weighted by Gasteiger charge is -2.21. The Morgan fingerprint density at radius 1 is 0.762 bits per heavy atom. The summed E-state index contributed by atoms with van der Waals surface area (Å²) in [6.07, 6.45) is 3.42. The Labute approximate surface area is 124 Å². The molecule has 0 aliphatic heterocycles. The van der Waals surface area contributed by atoms with Crippen LogP contribution in [0.15, 0.2) is 73.1 Å². The zero-order valence-corrected chi connectivity index (χ0v) is 11.9. The molecule has 0 atom stereocenters. The summed E-state index contributed by atoms with van der Waals surface area (Å²) in [5.41, 5.74) is 3.30. The van der Waals surface area contributed by atoms with E-state index in [9.17, 15) is 0 Å². The average Bonchev–Trinajstić information content (AvgIpc) is 2.56. The molecule has 0 saturated heterocycles. The molecular formula is C18H17N3. The summed E-state index contributed by atoms with van der Waals surface area (Å²) in [7, 11) is 0. The van der Waals surface area contributed by atoms with Gasteiger partial charge in [-0.1, -0.05) is 60.7 Å². The molecule has 0 radical (unpaired) electrons.